The minimum Gasteiger partial charge on any atom is -0.396 e. The van der Waals surface area contributed by atoms with Crippen LogP contribution in [0.25, 0.3) is 10.8 Å². The number of rotatable bonds is 4. The van der Waals surface area contributed by atoms with Crippen LogP contribution < -0.4 is 5.32 Å². The number of benzene rings is 2. The molecule has 2 nitrogen and oxygen atoms in total. The molecule has 2 rings (SSSR count). The number of fused-ring (bicyclic) bond motifs is 1. The van der Waals surface area contributed by atoms with Crippen molar-refractivity contribution in [2.24, 2.45) is 0 Å². The van der Waals surface area contributed by atoms with Gasteiger partial charge in [0, 0.05) is 12.5 Å². The Balaban J connectivity index is 2.50. The number of hydrogen-bond donors (Lipinski definition) is 2. The Kier molecular flexibility index (Phi) is 3.54. The number of hydrogen-bond acceptors (Lipinski definition) is 2. The van der Waals surface area contributed by atoms with Crippen molar-refractivity contribution >= 4 is 10.8 Å². The van der Waals surface area contributed by atoms with E-state index in [1.165, 1.54) is 16.3 Å². The van der Waals surface area contributed by atoms with Crippen molar-refractivity contribution in [3.8, 4) is 0 Å². The van der Waals surface area contributed by atoms with E-state index >= 15 is 0 Å². The Morgan fingerprint density at radius 2 is 1.88 bits per heavy atom. The van der Waals surface area contributed by atoms with Crippen LogP contribution in [-0.2, 0) is 0 Å². The predicted molar refractivity (Wildman–Crippen MR) is 67.7 cm³/mol. The molecule has 84 valence electrons. The molecule has 2 N–H and O–H groups in total. The summed E-state index contributed by atoms with van der Waals surface area (Å²) < 4.78 is 0. The van der Waals surface area contributed by atoms with Gasteiger partial charge < -0.3 is 10.4 Å². The lowest BCUT2D eigenvalue weighted by Crippen LogP contribution is -2.20. The standard InChI is InChI=1S/C14H17NO/c1-15-9-12(10-16)14-8-4-6-11-5-2-3-7-13(11)14/h2-8,12,15-16H,9-10H2,1H3. The Labute approximate surface area is 95.9 Å². The lowest BCUT2D eigenvalue weighted by molar-refractivity contribution is 0.264. The van der Waals surface area contributed by atoms with Gasteiger partial charge in [0.1, 0.15) is 0 Å². The van der Waals surface area contributed by atoms with Crippen LogP contribution in [-0.4, -0.2) is 25.3 Å². The molecule has 0 saturated heterocycles. The molecule has 1 unspecified atom stereocenters. The topological polar surface area (TPSA) is 32.3 Å². The lowest BCUT2D eigenvalue weighted by atomic mass is 9.94. The molecule has 0 aliphatic heterocycles. The summed E-state index contributed by atoms with van der Waals surface area (Å²) in [4.78, 5) is 0. The molecule has 0 aromatic heterocycles. The van der Waals surface area contributed by atoms with Crippen LogP contribution in [0.1, 0.15) is 11.5 Å². The van der Waals surface area contributed by atoms with E-state index in [4.69, 9.17) is 0 Å². The molecule has 0 spiro atoms. The first-order chi connectivity index (χ1) is 7.86. The quantitative estimate of drug-likeness (QED) is 0.819. The first-order valence-electron chi connectivity index (χ1n) is 5.60. The molecular weight excluding hydrogens is 198 g/mol. The third-order valence-corrected chi connectivity index (χ3v) is 2.93. The van der Waals surface area contributed by atoms with E-state index in [2.05, 4.69) is 35.6 Å². The summed E-state index contributed by atoms with van der Waals surface area (Å²) >= 11 is 0. The first kappa shape index (κ1) is 11.1. The summed E-state index contributed by atoms with van der Waals surface area (Å²) in [5.41, 5.74) is 1.22. The maximum Gasteiger partial charge on any atom is 0.0512 e. The molecule has 0 amide bonds. The van der Waals surface area contributed by atoms with Gasteiger partial charge >= 0.3 is 0 Å². The van der Waals surface area contributed by atoms with E-state index in [-0.39, 0.29) is 12.5 Å². The van der Waals surface area contributed by atoms with Gasteiger partial charge in [-0.3, -0.25) is 0 Å². The van der Waals surface area contributed by atoms with E-state index < -0.39 is 0 Å². The van der Waals surface area contributed by atoms with Crippen molar-refractivity contribution < 1.29 is 5.11 Å². The molecular formula is C14H17NO. The van der Waals surface area contributed by atoms with Gasteiger partial charge in [-0.25, -0.2) is 0 Å². The van der Waals surface area contributed by atoms with Crippen molar-refractivity contribution in [2.45, 2.75) is 5.92 Å². The second-order valence-corrected chi connectivity index (χ2v) is 4.01. The average Bonchev–Trinajstić information content (AvgIpc) is 2.35. The fourth-order valence-electron chi connectivity index (χ4n) is 2.13. The van der Waals surface area contributed by atoms with Crippen LogP contribution in [0.2, 0.25) is 0 Å². The maximum atomic E-state index is 9.43. The van der Waals surface area contributed by atoms with Crippen LogP contribution in [0.15, 0.2) is 42.5 Å². The summed E-state index contributed by atoms with van der Waals surface area (Å²) in [7, 11) is 1.91. The zero-order valence-electron chi connectivity index (χ0n) is 9.48. The SMILES string of the molecule is CNCC(CO)c1cccc2ccccc12. The monoisotopic (exact) mass is 215 g/mol. The first-order valence-corrected chi connectivity index (χ1v) is 5.60. The molecule has 0 aliphatic rings. The van der Waals surface area contributed by atoms with Crippen LogP contribution in [0.4, 0.5) is 0 Å². The van der Waals surface area contributed by atoms with Crippen molar-refractivity contribution in [2.75, 3.05) is 20.2 Å². The van der Waals surface area contributed by atoms with Crippen LogP contribution >= 0.6 is 0 Å². The van der Waals surface area contributed by atoms with Crippen molar-refractivity contribution in [1.82, 2.24) is 5.32 Å². The fraction of sp³-hybridized carbons (Fsp3) is 0.286. The number of aliphatic hydroxyl groups is 1. The van der Waals surface area contributed by atoms with E-state index in [9.17, 15) is 5.11 Å². The van der Waals surface area contributed by atoms with Gasteiger partial charge in [0.05, 0.1) is 6.61 Å². The Hall–Kier alpha value is -1.38. The summed E-state index contributed by atoms with van der Waals surface area (Å²) in [5, 5.41) is 15.0. The second kappa shape index (κ2) is 5.10. The summed E-state index contributed by atoms with van der Waals surface area (Å²) in [5.74, 6) is 0.163. The number of nitrogens with one attached hydrogen (secondary N) is 1. The molecule has 2 heteroatoms. The van der Waals surface area contributed by atoms with Crippen molar-refractivity contribution in [3.05, 3.63) is 48.0 Å². The van der Waals surface area contributed by atoms with E-state index in [0.29, 0.717) is 0 Å². The highest BCUT2D eigenvalue weighted by Gasteiger charge is 2.11. The summed E-state index contributed by atoms with van der Waals surface area (Å²) in [6.07, 6.45) is 0. The highest BCUT2D eigenvalue weighted by molar-refractivity contribution is 5.86. The van der Waals surface area contributed by atoms with Gasteiger partial charge in [0.15, 0.2) is 0 Å². The Morgan fingerprint density at radius 3 is 2.62 bits per heavy atom. The minimum absolute atomic E-state index is 0.163. The lowest BCUT2D eigenvalue weighted by Gasteiger charge is -2.16. The third kappa shape index (κ3) is 2.08. The molecule has 16 heavy (non-hydrogen) atoms. The van der Waals surface area contributed by atoms with Crippen LogP contribution in [0.3, 0.4) is 0 Å². The van der Waals surface area contributed by atoms with E-state index in [1.54, 1.807) is 0 Å². The van der Waals surface area contributed by atoms with E-state index in [0.717, 1.165) is 6.54 Å². The largest absolute Gasteiger partial charge is 0.396 e. The van der Waals surface area contributed by atoms with Gasteiger partial charge in [0.25, 0.3) is 0 Å². The molecule has 1 atom stereocenters. The maximum absolute atomic E-state index is 9.43. The number of likely N-dealkylation sites (N-methyl/N-ethyl adjacent to an activating group) is 1. The predicted octanol–water partition coefficient (Wildman–Crippen LogP) is 2.14. The van der Waals surface area contributed by atoms with Crippen molar-refractivity contribution in [1.29, 1.82) is 0 Å². The molecule has 0 saturated carbocycles. The fourth-order valence-corrected chi connectivity index (χ4v) is 2.13. The molecule has 0 heterocycles. The minimum atomic E-state index is 0.163. The molecule has 0 fully saturated rings. The summed E-state index contributed by atoms with van der Waals surface area (Å²) in [6.45, 7) is 0.972. The van der Waals surface area contributed by atoms with Gasteiger partial charge in [0.2, 0.25) is 0 Å². The molecule has 0 bridgehead atoms. The smallest absolute Gasteiger partial charge is 0.0512 e. The van der Waals surface area contributed by atoms with Crippen LogP contribution in [0, 0.1) is 0 Å². The third-order valence-electron chi connectivity index (χ3n) is 2.93. The molecule has 0 radical (unpaired) electrons. The van der Waals surface area contributed by atoms with E-state index in [1.807, 2.05) is 19.2 Å². The zero-order valence-corrected chi connectivity index (χ0v) is 9.48. The second-order valence-electron chi connectivity index (χ2n) is 4.01. The number of aliphatic hydroxyl groups excluding tert-OH is 1. The van der Waals surface area contributed by atoms with Gasteiger partial charge in [-0.15, -0.1) is 0 Å². The zero-order chi connectivity index (χ0) is 11.4. The van der Waals surface area contributed by atoms with Gasteiger partial charge in [-0.2, -0.15) is 0 Å². The molecule has 2 aromatic carbocycles. The molecule has 0 aliphatic carbocycles. The van der Waals surface area contributed by atoms with Crippen LogP contribution in [0.5, 0.6) is 0 Å². The normalized spacial score (nSPS) is 12.9. The molecule has 2 aromatic rings. The van der Waals surface area contributed by atoms with Gasteiger partial charge in [-0.05, 0) is 23.4 Å². The highest BCUT2D eigenvalue weighted by Crippen LogP contribution is 2.24. The average molecular weight is 215 g/mol. The Bertz CT molecular complexity index is 462. The Morgan fingerprint density at radius 1 is 1.12 bits per heavy atom. The summed E-state index contributed by atoms with van der Waals surface area (Å²) in [6, 6.07) is 14.6. The van der Waals surface area contributed by atoms with Gasteiger partial charge in [-0.1, -0.05) is 42.5 Å². The highest BCUT2D eigenvalue weighted by atomic mass is 16.3. The van der Waals surface area contributed by atoms with Crippen molar-refractivity contribution in [3.63, 3.8) is 0 Å².